The minimum atomic E-state index is -1.34. The van der Waals surface area contributed by atoms with Gasteiger partial charge in [-0.1, -0.05) is 36.4 Å². The largest absolute Gasteiger partial charge is 0.497 e. The fraction of sp³-hybridized carbons (Fsp3) is 0.222. The predicted molar refractivity (Wildman–Crippen MR) is 131 cm³/mol. The Morgan fingerprint density at radius 1 is 0.730 bits per heavy atom. The molecule has 194 valence electrons. The molecule has 0 radical (unpaired) electrons. The number of rotatable bonds is 12. The summed E-state index contributed by atoms with van der Waals surface area (Å²) in [6, 6.07) is 18.6. The van der Waals surface area contributed by atoms with E-state index in [9.17, 15) is 19.5 Å². The summed E-state index contributed by atoms with van der Waals surface area (Å²) in [5.41, 5.74) is 1.81. The molecule has 10 heteroatoms. The second kappa shape index (κ2) is 13.4. The van der Waals surface area contributed by atoms with Crippen molar-refractivity contribution in [2.24, 2.45) is 0 Å². The molecule has 3 aromatic rings. The highest BCUT2D eigenvalue weighted by Crippen LogP contribution is 2.19. The number of hydrogen-bond donors (Lipinski definition) is 2. The molecule has 0 bridgehead atoms. The van der Waals surface area contributed by atoms with Gasteiger partial charge in [-0.15, -0.1) is 0 Å². The zero-order valence-electron chi connectivity index (χ0n) is 20.3. The summed E-state index contributed by atoms with van der Waals surface area (Å²) in [5.74, 6) is -0.136. The van der Waals surface area contributed by atoms with Crippen molar-refractivity contribution in [1.29, 1.82) is 0 Å². The lowest BCUT2D eigenvalue weighted by Crippen LogP contribution is -2.34. The molecule has 0 heterocycles. The highest BCUT2D eigenvalue weighted by molar-refractivity contribution is 5.81. The van der Waals surface area contributed by atoms with Crippen LogP contribution in [0.3, 0.4) is 0 Å². The third-order valence-corrected chi connectivity index (χ3v) is 5.17. The number of benzene rings is 3. The first kappa shape index (κ1) is 26.9. The monoisotopic (exact) mass is 509 g/mol. The van der Waals surface area contributed by atoms with Crippen LogP contribution in [0.1, 0.15) is 22.7 Å². The Hall–Kier alpha value is -4.73. The Morgan fingerprint density at radius 3 is 1.70 bits per heavy atom. The van der Waals surface area contributed by atoms with Crippen molar-refractivity contribution >= 4 is 18.0 Å². The molecule has 10 nitrogen and oxygen atoms in total. The lowest BCUT2D eigenvalue weighted by molar-refractivity contribution is -0.147. The summed E-state index contributed by atoms with van der Waals surface area (Å²) < 4.78 is 25.9. The third kappa shape index (κ3) is 8.46. The van der Waals surface area contributed by atoms with Crippen LogP contribution in [-0.4, -0.2) is 44.0 Å². The van der Waals surface area contributed by atoms with Crippen molar-refractivity contribution in [2.45, 2.75) is 19.3 Å². The van der Waals surface area contributed by atoms with E-state index in [1.807, 2.05) is 0 Å². The SMILES string of the molecule is COc1ccc(COC(=O)COc2ccc([C@@H](NC(=O)OCc3ccc(OC)cc3)C(=O)O)cc2)cc1. The fourth-order valence-corrected chi connectivity index (χ4v) is 3.14. The van der Waals surface area contributed by atoms with Gasteiger partial charge in [0, 0.05) is 0 Å². The molecule has 0 unspecified atom stereocenters. The summed E-state index contributed by atoms with van der Waals surface area (Å²) >= 11 is 0. The minimum Gasteiger partial charge on any atom is -0.497 e. The van der Waals surface area contributed by atoms with Crippen molar-refractivity contribution in [1.82, 2.24) is 5.32 Å². The maximum absolute atomic E-state index is 12.2. The zero-order chi connectivity index (χ0) is 26.6. The van der Waals surface area contributed by atoms with E-state index in [0.717, 1.165) is 5.56 Å². The number of carbonyl (C=O) groups is 3. The van der Waals surface area contributed by atoms with Crippen LogP contribution in [-0.2, 0) is 32.3 Å². The number of amides is 1. The van der Waals surface area contributed by atoms with E-state index in [1.165, 1.54) is 24.3 Å². The first-order valence-corrected chi connectivity index (χ1v) is 11.2. The topological polar surface area (TPSA) is 130 Å². The van der Waals surface area contributed by atoms with Crippen LogP contribution in [0.15, 0.2) is 72.8 Å². The van der Waals surface area contributed by atoms with Crippen LogP contribution in [0, 0.1) is 0 Å². The number of nitrogens with one attached hydrogen (secondary N) is 1. The quantitative estimate of drug-likeness (QED) is 0.349. The maximum atomic E-state index is 12.2. The van der Waals surface area contributed by atoms with Crippen molar-refractivity contribution in [3.63, 3.8) is 0 Å². The van der Waals surface area contributed by atoms with Crippen LogP contribution in [0.4, 0.5) is 4.79 Å². The molecule has 0 spiro atoms. The molecule has 1 atom stereocenters. The van der Waals surface area contributed by atoms with E-state index in [1.54, 1.807) is 62.8 Å². The van der Waals surface area contributed by atoms with E-state index < -0.39 is 24.1 Å². The third-order valence-electron chi connectivity index (χ3n) is 5.17. The molecule has 0 aliphatic rings. The van der Waals surface area contributed by atoms with E-state index in [0.29, 0.717) is 28.4 Å². The van der Waals surface area contributed by atoms with Gasteiger partial charge in [0.1, 0.15) is 30.5 Å². The predicted octanol–water partition coefficient (Wildman–Crippen LogP) is 3.88. The molecule has 1 amide bonds. The number of hydrogen-bond acceptors (Lipinski definition) is 8. The molecule has 0 aliphatic heterocycles. The van der Waals surface area contributed by atoms with Crippen molar-refractivity contribution in [3.8, 4) is 17.2 Å². The van der Waals surface area contributed by atoms with Crippen LogP contribution in [0.2, 0.25) is 0 Å². The Balaban J connectivity index is 1.46. The summed E-state index contributed by atoms with van der Waals surface area (Å²) in [4.78, 5) is 35.9. The van der Waals surface area contributed by atoms with Gasteiger partial charge in [-0.05, 0) is 53.1 Å². The number of carboxylic acids is 1. The molecule has 3 rings (SSSR count). The Morgan fingerprint density at radius 2 is 1.22 bits per heavy atom. The van der Waals surface area contributed by atoms with E-state index in [2.05, 4.69) is 5.32 Å². The normalized spacial score (nSPS) is 11.1. The average molecular weight is 510 g/mol. The van der Waals surface area contributed by atoms with Gasteiger partial charge in [-0.3, -0.25) is 0 Å². The number of ether oxygens (including phenoxy) is 5. The van der Waals surface area contributed by atoms with Gasteiger partial charge in [-0.25, -0.2) is 14.4 Å². The van der Waals surface area contributed by atoms with E-state index in [-0.39, 0.29) is 19.8 Å². The van der Waals surface area contributed by atoms with Crippen molar-refractivity contribution in [2.75, 3.05) is 20.8 Å². The fourth-order valence-electron chi connectivity index (χ4n) is 3.14. The molecule has 0 aromatic heterocycles. The molecule has 0 saturated heterocycles. The second-order valence-electron chi connectivity index (χ2n) is 7.71. The number of carbonyl (C=O) groups excluding carboxylic acids is 2. The molecule has 0 fully saturated rings. The summed E-state index contributed by atoms with van der Waals surface area (Å²) in [6.45, 7) is -0.275. The standard InChI is InChI=1S/C27H27NO9/c1-33-21-9-3-18(4-10-21)15-36-24(29)17-35-23-13-7-20(8-14-23)25(26(30)31)28-27(32)37-16-19-5-11-22(34-2)12-6-19/h3-14,25H,15-17H2,1-2H3,(H,28,32)(H,30,31)/t25-/m1/s1. The second-order valence-corrected chi connectivity index (χ2v) is 7.71. The Labute approximate surface area is 213 Å². The van der Waals surface area contributed by atoms with E-state index in [4.69, 9.17) is 23.7 Å². The number of alkyl carbamates (subject to hydrolysis) is 1. The van der Waals surface area contributed by atoms with Crippen LogP contribution < -0.4 is 19.5 Å². The summed E-state index contributed by atoms with van der Waals surface area (Å²) in [6.07, 6.45) is -0.886. The average Bonchev–Trinajstić information content (AvgIpc) is 2.93. The lowest BCUT2D eigenvalue weighted by atomic mass is 10.1. The molecule has 0 saturated carbocycles. The highest BCUT2D eigenvalue weighted by Gasteiger charge is 2.23. The van der Waals surface area contributed by atoms with Crippen LogP contribution >= 0.6 is 0 Å². The molecule has 0 aliphatic carbocycles. The lowest BCUT2D eigenvalue weighted by Gasteiger charge is -2.15. The van der Waals surface area contributed by atoms with Crippen molar-refractivity contribution < 1.29 is 43.2 Å². The Bertz CT molecular complexity index is 1180. The van der Waals surface area contributed by atoms with Gasteiger partial charge in [-0.2, -0.15) is 0 Å². The summed E-state index contributed by atoms with van der Waals surface area (Å²) in [5, 5.41) is 11.9. The zero-order valence-corrected chi connectivity index (χ0v) is 20.3. The number of carboxylic acid groups (broad SMARTS) is 1. The summed E-state index contributed by atoms with van der Waals surface area (Å²) in [7, 11) is 3.11. The minimum absolute atomic E-state index is 0.0382. The molecular formula is C27H27NO9. The van der Waals surface area contributed by atoms with Gasteiger partial charge in [0.05, 0.1) is 14.2 Å². The van der Waals surface area contributed by atoms with Crippen LogP contribution in [0.25, 0.3) is 0 Å². The molecule has 3 aromatic carbocycles. The number of aliphatic carboxylic acids is 1. The van der Waals surface area contributed by atoms with Gasteiger partial charge < -0.3 is 34.1 Å². The molecular weight excluding hydrogens is 482 g/mol. The maximum Gasteiger partial charge on any atom is 0.408 e. The smallest absolute Gasteiger partial charge is 0.408 e. The first-order valence-electron chi connectivity index (χ1n) is 11.2. The molecule has 37 heavy (non-hydrogen) atoms. The number of methoxy groups -OCH3 is 2. The Kier molecular flexibility index (Phi) is 9.72. The first-order chi connectivity index (χ1) is 17.9. The van der Waals surface area contributed by atoms with Gasteiger partial charge in [0.15, 0.2) is 12.6 Å². The number of esters is 1. The van der Waals surface area contributed by atoms with Gasteiger partial charge in [0.2, 0.25) is 0 Å². The van der Waals surface area contributed by atoms with Crippen molar-refractivity contribution in [3.05, 3.63) is 89.5 Å². The van der Waals surface area contributed by atoms with E-state index >= 15 is 0 Å². The highest BCUT2D eigenvalue weighted by atomic mass is 16.6. The van der Waals surface area contributed by atoms with Crippen LogP contribution in [0.5, 0.6) is 17.2 Å². The van der Waals surface area contributed by atoms with Gasteiger partial charge in [0.25, 0.3) is 0 Å². The molecule has 2 N–H and O–H groups in total. The van der Waals surface area contributed by atoms with Gasteiger partial charge >= 0.3 is 18.0 Å².